The number of halogens is 1. The molecule has 5 nitrogen and oxygen atoms in total. The van der Waals surface area contributed by atoms with Gasteiger partial charge in [-0.15, -0.1) is 0 Å². The average Bonchev–Trinajstić information content (AvgIpc) is 2.95. The van der Waals surface area contributed by atoms with Crippen LogP contribution in [0.3, 0.4) is 0 Å². The zero-order valence-electron chi connectivity index (χ0n) is 13.3. The second-order valence-electron chi connectivity index (χ2n) is 5.94. The molecule has 1 aromatic heterocycles. The number of carbonyl (C=O) groups is 2. The van der Waals surface area contributed by atoms with Crippen molar-refractivity contribution in [1.29, 1.82) is 0 Å². The molecule has 1 unspecified atom stereocenters. The number of nitrogens with one attached hydrogen (secondary N) is 1. The first-order valence-corrected chi connectivity index (χ1v) is 8.57. The van der Waals surface area contributed by atoms with E-state index >= 15 is 0 Å². The Balaban J connectivity index is 1.64. The van der Waals surface area contributed by atoms with Crippen LogP contribution in [0.2, 0.25) is 0 Å². The molecule has 6 heteroatoms. The number of hydrogen-bond donors (Lipinski definition) is 1. The van der Waals surface area contributed by atoms with Crippen LogP contribution in [0.4, 0.5) is 5.69 Å². The topological polar surface area (TPSA) is 62.3 Å². The van der Waals surface area contributed by atoms with Crippen molar-refractivity contribution in [2.24, 2.45) is 5.92 Å². The third kappa shape index (κ3) is 3.64. The highest BCUT2D eigenvalue weighted by Gasteiger charge is 2.35. The summed E-state index contributed by atoms with van der Waals surface area (Å²) in [5.74, 6) is -0.457. The number of rotatable bonds is 4. The SMILES string of the molecule is Cc1ccc(N2CC(C(=O)NCc3cccnc3)CC2=O)c(Br)c1. The Bertz CT molecular complexity index is 764. The predicted octanol–water partition coefficient (Wildman–Crippen LogP) is 2.82. The highest BCUT2D eigenvalue weighted by molar-refractivity contribution is 9.10. The molecule has 2 aromatic rings. The molecule has 1 N–H and O–H groups in total. The highest BCUT2D eigenvalue weighted by atomic mass is 79.9. The molecule has 0 spiro atoms. The lowest BCUT2D eigenvalue weighted by atomic mass is 10.1. The molecule has 0 saturated carbocycles. The third-order valence-corrected chi connectivity index (χ3v) is 4.71. The van der Waals surface area contributed by atoms with Crippen molar-refractivity contribution in [3.63, 3.8) is 0 Å². The van der Waals surface area contributed by atoms with Gasteiger partial charge in [-0.25, -0.2) is 0 Å². The van der Waals surface area contributed by atoms with E-state index in [1.54, 1.807) is 17.3 Å². The van der Waals surface area contributed by atoms with Gasteiger partial charge in [-0.1, -0.05) is 12.1 Å². The van der Waals surface area contributed by atoms with Crippen LogP contribution in [0.1, 0.15) is 17.5 Å². The lowest BCUT2D eigenvalue weighted by Gasteiger charge is -2.18. The number of nitrogens with zero attached hydrogens (tertiary/aromatic N) is 2. The van der Waals surface area contributed by atoms with E-state index in [1.165, 1.54) is 0 Å². The highest BCUT2D eigenvalue weighted by Crippen LogP contribution is 2.32. The number of amides is 2. The average molecular weight is 388 g/mol. The molecular weight excluding hydrogens is 370 g/mol. The van der Waals surface area contributed by atoms with Gasteiger partial charge in [0, 0.05) is 36.4 Å². The molecule has 0 radical (unpaired) electrons. The van der Waals surface area contributed by atoms with Crippen LogP contribution in [0.15, 0.2) is 47.2 Å². The van der Waals surface area contributed by atoms with E-state index in [0.717, 1.165) is 21.3 Å². The summed E-state index contributed by atoms with van der Waals surface area (Å²) < 4.78 is 0.868. The van der Waals surface area contributed by atoms with Gasteiger partial charge in [0.2, 0.25) is 11.8 Å². The second kappa shape index (κ2) is 7.13. The summed E-state index contributed by atoms with van der Waals surface area (Å²) in [7, 11) is 0. The summed E-state index contributed by atoms with van der Waals surface area (Å²) in [5, 5.41) is 2.89. The Morgan fingerprint density at radius 3 is 2.96 bits per heavy atom. The Morgan fingerprint density at radius 1 is 1.42 bits per heavy atom. The summed E-state index contributed by atoms with van der Waals surface area (Å²) in [6.45, 7) is 2.82. The molecule has 2 amide bonds. The number of aromatic nitrogens is 1. The van der Waals surface area contributed by atoms with Gasteiger partial charge < -0.3 is 10.2 Å². The van der Waals surface area contributed by atoms with Gasteiger partial charge >= 0.3 is 0 Å². The minimum atomic E-state index is -0.331. The normalized spacial score (nSPS) is 17.2. The molecular formula is C18H18BrN3O2. The van der Waals surface area contributed by atoms with Crippen LogP contribution in [0.5, 0.6) is 0 Å². The molecule has 1 saturated heterocycles. The van der Waals surface area contributed by atoms with Crippen LogP contribution >= 0.6 is 15.9 Å². The summed E-state index contributed by atoms with van der Waals surface area (Å²) in [4.78, 5) is 30.4. The van der Waals surface area contributed by atoms with Crippen LogP contribution in [-0.2, 0) is 16.1 Å². The first-order chi connectivity index (χ1) is 11.5. The molecule has 124 valence electrons. The third-order valence-electron chi connectivity index (χ3n) is 4.08. The maximum atomic E-state index is 12.4. The van der Waals surface area contributed by atoms with Gasteiger partial charge in [0.05, 0.1) is 11.6 Å². The van der Waals surface area contributed by atoms with Crippen molar-refractivity contribution in [3.05, 3.63) is 58.3 Å². The Labute approximate surface area is 149 Å². The van der Waals surface area contributed by atoms with Crippen molar-refractivity contribution in [1.82, 2.24) is 10.3 Å². The molecule has 1 aliphatic rings. The summed E-state index contributed by atoms with van der Waals surface area (Å²) in [6.07, 6.45) is 3.65. The zero-order valence-corrected chi connectivity index (χ0v) is 14.9. The van der Waals surface area contributed by atoms with Gasteiger partial charge in [-0.2, -0.15) is 0 Å². The number of pyridine rings is 1. The maximum absolute atomic E-state index is 12.4. The molecule has 0 bridgehead atoms. The molecule has 0 aliphatic carbocycles. The quantitative estimate of drug-likeness (QED) is 0.876. The van der Waals surface area contributed by atoms with Crippen molar-refractivity contribution in [3.8, 4) is 0 Å². The largest absolute Gasteiger partial charge is 0.352 e. The predicted molar refractivity (Wildman–Crippen MR) is 95.4 cm³/mol. The summed E-state index contributed by atoms with van der Waals surface area (Å²) >= 11 is 3.50. The lowest BCUT2D eigenvalue weighted by molar-refractivity contribution is -0.126. The van der Waals surface area contributed by atoms with Crippen molar-refractivity contribution in [2.45, 2.75) is 19.9 Å². The van der Waals surface area contributed by atoms with Crippen molar-refractivity contribution in [2.75, 3.05) is 11.4 Å². The van der Waals surface area contributed by atoms with E-state index in [-0.39, 0.29) is 24.2 Å². The van der Waals surface area contributed by atoms with E-state index in [1.807, 2.05) is 37.3 Å². The van der Waals surface area contributed by atoms with E-state index in [4.69, 9.17) is 0 Å². The fraction of sp³-hybridized carbons (Fsp3) is 0.278. The number of carbonyl (C=O) groups excluding carboxylic acids is 2. The fourth-order valence-electron chi connectivity index (χ4n) is 2.78. The van der Waals surface area contributed by atoms with Crippen LogP contribution in [-0.4, -0.2) is 23.3 Å². The van der Waals surface area contributed by atoms with Crippen LogP contribution < -0.4 is 10.2 Å². The minimum absolute atomic E-state index is 0.0268. The van der Waals surface area contributed by atoms with Crippen molar-refractivity contribution < 1.29 is 9.59 Å². The monoisotopic (exact) mass is 387 g/mol. The van der Waals surface area contributed by atoms with Crippen molar-refractivity contribution >= 4 is 33.4 Å². The van der Waals surface area contributed by atoms with Gasteiger partial charge in [0.1, 0.15) is 0 Å². The first-order valence-electron chi connectivity index (χ1n) is 7.77. The number of aryl methyl sites for hydroxylation is 1. The molecule has 1 aromatic carbocycles. The number of anilines is 1. The van der Waals surface area contributed by atoms with E-state index in [2.05, 4.69) is 26.2 Å². The Morgan fingerprint density at radius 2 is 2.25 bits per heavy atom. The summed E-state index contributed by atoms with van der Waals surface area (Å²) in [6, 6.07) is 9.58. The molecule has 2 heterocycles. The number of benzene rings is 1. The maximum Gasteiger partial charge on any atom is 0.227 e. The Hall–Kier alpha value is -2.21. The van der Waals surface area contributed by atoms with Gasteiger partial charge in [0.25, 0.3) is 0 Å². The van der Waals surface area contributed by atoms with Crippen LogP contribution in [0, 0.1) is 12.8 Å². The molecule has 24 heavy (non-hydrogen) atoms. The van der Waals surface area contributed by atoms with E-state index in [0.29, 0.717) is 13.1 Å². The first kappa shape index (κ1) is 16.6. The van der Waals surface area contributed by atoms with E-state index in [9.17, 15) is 9.59 Å². The lowest BCUT2D eigenvalue weighted by Crippen LogP contribution is -2.32. The molecule has 3 rings (SSSR count). The number of hydrogen-bond acceptors (Lipinski definition) is 3. The molecule has 1 atom stereocenters. The molecule has 1 fully saturated rings. The molecule has 1 aliphatic heterocycles. The van der Waals surface area contributed by atoms with Gasteiger partial charge in [-0.3, -0.25) is 14.6 Å². The zero-order chi connectivity index (χ0) is 17.1. The second-order valence-corrected chi connectivity index (χ2v) is 6.79. The Kier molecular flexibility index (Phi) is 4.94. The van der Waals surface area contributed by atoms with Crippen LogP contribution in [0.25, 0.3) is 0 Å². The standard InChI is InChI=1S/C18H18BrN3O2/c1-12-4-5-16(15(19)7-12)22-11-14(8-17(22)23)18(24)21-10-13-3-2-6-20-9-13/h2-7,9,14H,8,10-11H2,1H3,(H,21,24). The minimum Gasteiger partial charge on any atom is -0.352 e. The van der Waals surface area contributed by atoms with Gasteiger partial charge in [0.15, 0.2) is 0 Å². The fourth-order valence-corrected chi connectivity index (χ4v) is 3.49. The summed E-state index contributed by atoms with van der Waals surface area (Å²) in [5.41, 5.74) is 2.87. The smallest absolute Gasteiger partial charge is 0.227 e. The van der Waals surface area contributed by atoms with Gasteiger partial charge in [-0.05, 0) is 52.2 Å². The van der Waals surface area contributed by atoms with E-state index < -0.39 is 0 Å².